The molecule has 144 valence electrons. The monoisotopic (exact) mass is 382 g/mol. The Kier molecular flexibility index (Phi) is 4.84. The van der Waals surface area contributed by atoms with Gasteiger partial charge in [0.05, 0.1) is 0 Å². The van der Waals surface area contributed by atoms with Gasteiger partial charge in [-0.25, -0.2) is 15.0 Å². The van der Waals surface area contributed by atoms with Crippen LogP contribution in [-0.2, 0) is 13.0 Å². The van der Waals surface area contributed by atoms with Gasteiger partial charge in [0.2, 0.25) is 0 Å². The lowest BCUT2D eigenvalue weighted by Gasteiger charge is -2.26. The van der Waals surface area contributed by atoms with Gasteiger partial charge in [-0.1, -0.05) is 6.07 Å². The van der Waals surface area contributed by atoms with Gasteiger partial charge in [-0.15, -0.1) is 0 Å². The molecule has 0 amide bonds. The normalized spacial score (nSPS) is 15.8. The number of aromatic nitrogens is 5. The molecule has 4 heterocycles. The van der Waals surface area contributed by atoms with E-state index in [9.17, 15) is 0 Å². The summed E-state index contributed by atoms with van der Waals surface area (Å²) in [5.41, 5.74) is 4.49. The Hall–Kier alpha value is -3.38. The summed E-state index contributed by atoms with van der Waals surface area (Å²) in [6, 6.07) is 14.3. The van der Waals surface area contributed by atoms with E-state index in [0.717, 1.165) is 48.7 Å². The molecular formula is C23H22N6. The highest BCUT2D eigenvalue weighted by Gasteiger charge is 2.22. The van der Waals surface area contributed by atoms with Crippen molar-refractivity contribution in [3.63, 3.8) is 0 Å². The second kappa shape index (κ2) is 7.93. The second-order valence-electron chi connectivity index (χ2n) is 7.22. The lowest BCUT2D eigenvalue weighted by molar-refractivity contribution is 0.448. The van der Waals surface area contributed by atoms with Crippen molar-refractivity contribution in [3.05, 3.63) is 90.4 Å². The second-order valence-corrected chi connectivity index (χ2v) is 7.22. The van der Waals surface area contributed by atoms with Gasteiger partial charge in [-0.3, -0.25) is 4.98 Å². The van der Waals surface area contributed by atoms with Gasteiger partial charge in [0.15, 0.2) is 5.82 Å². The standard InChI is InChI=1S/C23H22N6/c1-2-12-25-22(10-1)29-13-5-7-18(29)15-26-20-8-3-9-21-19(20)16-27-23(28-21)17-6-4-11-24-14-17/h1-2,4-7,10-14,16,20,26H,3,8-9,15H2. The van der Waals surface area contributed by atoms with Crippen molar-refractivity contribution in [2.75, 3.05) is 0 Å². The van der Waals surface area contributed by atoms with E-state index in [2.05, 4.69) is 43.2 Å². The summed E-state index contributed by atoms with van der Waals surface area (Å²) < 4.78 is 2.12. The Morgan fingerprint density at radius 3 is 2.86 bits per heavy atom. The first-order chi connectivity index (χ1) is 14.4. The van der Waals surface area contributed by atoms with Crippen molar-refractivity contribution in [1.82, 2.24) is 29.8 Å². The molecule has 0 fully saturated rings. The average molecular weight is 382 g/mol. The SMILES string of the molecule is c1ccc(-n2cccc2CNC2CCCc3nc(-c4cccnc4)ncc32)nc1. The maximum absolute atomic E-state index is 4.84. The minimum Gasteiger partial charge on any atom is -0.304 e. The first-order valence-corrected chi connectivity index (χ1v) is 9.96. The zero-order valence-electron chi connectivity index (χ0n) is 16.1. The zero-order valence-corrected chi connectivity index (χ0v) is 16.1. The Balaban J connectivity index is 1.35. The molecule has 0 bridgehead atoms. The number of aryl methyl sites for hydroxylation is 1. The summed E-state index contributed by atoms with van der Waals surface area (Å²) in [5, 5.41) is 3.71. The van der Waals surface area contributed by atoms with E-state index in [1.807, 2.05) is 48.9 Å². The van der Waals surface area contributed by atoms with Crippen LogP contribution in [0, 0.1) is 0 Å². The third kappa shape index (κ3) is 3.67. The van der Waals surface area contributed by atoms with Crippen molar-refractivity contribution < 1.29 is 0 Å². The molecular weight excluding hydrogens is 360 g/mol. The van der Waals surface area contributed by atoms with Gasteiger partial charge in [0.25, 0.3) is 0 Å². The van der Waals surface area contributed by atoms with Crippen LogP contribution in [0.5, 0.6) is 0 Å². The molecule has 1 aliphatic rings. The third-order valence-corrected chi connectivity index (χ3v) is 5.36. The van der Waals surface area contributed by atoms with Gasteiger partial charge >= 0.3 is 0 Å². The van der Waals surface area contributed by atoms with Crippen LogP contribution in [0.4, 0.5) is 0 Å². The molecule has 4 aromatic rings. The number of hydrogen-bond donors (Lipinski definition) is 1. The molecule has 0 aliphatic heterocycles. The number of pyridine rings is 2. The van der Waals surface area contributed by atoms with Crippen molar-refractivity contribution in [1.29, 1.82) is 0 Å². The summed E-state index contributed by atoms with van der Waals surface area (Å²) in [6.45, 7) is 0.762. The van der Waals surface area contributed by atoms with Gasteiger partial charge in [0, 0.05) is 66.1 Å². The van der Waals surface area contributed by atoms with Crippen LogP contribution in [0.25, 0.3) is 17.2 Å². The van der Waals surface area contributed by atoms with Crippen molar-refractivity contribution in [2.45, 2.75) is 31.8 Å². The minimum absolute atomic E-state index is 0.258. The summed E-state index contributed by atoms with van der Waals surface area (Å²) in [7, 11) is 0. The molecule has 1 atom stereocenters. The van der Waals surface area contributed by atoms with E-state index < -0.39 is 0 Å². The Morgan fingerprint density at radius 2 is 2.00 bits per heavy atom. The topological polar surface area (TPSA) is 68.5 Å². The molecule has 5 rings (SSSR count). The molecule has 29 heavy (non-hydrogen) atoms. The van der Waals surface area contributed by atoms with Crippen LogP contribution in [0.2, 0.25) is 0 Å². The number of nitrogens with one attached hydrogen (secondary N) is 1. The van der Waals surface area contributed by atoms with Gasteiger partial charge in [-0.05, 0) is 55.7 Å². The van der Waals surface area contributed by atoms with Crippen LogP contribution in [0.15, 0.2) is 73.4 Å². The van der Waals surface area contributed by atoms with Crippen LogP contribution in [0.1, 0.15) is 35.8 Å². The van der Waals surface area contributed by atoms with Crippen molar-refractivity contribution in [3.8, 4) is 17.2 Å². The lowest BCUT2D eigenvalue weighted by atomic mass is 9.92. The van der Waals surface area contributed by atoms with E-state index in [-0.39, 0.29) is 6.04 Å². The fourth-order valence-electron chi connectivity index (χ4n) is 3.90. The highest BCUT2D eigenvalue weighted by atomic mass is 15.1. The fraction of sp³-hybridized carbons (Fsp3) is 0.217. The van der Waals surface area contributed by atoms with E-state index in [4.69, 9.17) is 4.98 Å². The molecule has 0 radical (unpaired) electrons. The summed E-state index contributed by atoms with van der Waals surface area (Å²) in [6.07, 6.45) is 12.6. The molecule has 6 heteroatoms. The quantitative estimate of drug-likeness (QED) is 0.567. The average Bonchev–Trinajstić information content (AvgIpc) is 3.27. The van der Waals surface area contributed by atoms with Gasteiger partial charge in [0.1, 0.15) is 5.82 Å². The molecule has 0 aromatic carbocycles. The van der Waals surface area contributed by atoms with E-state index >= 15 is 0 Å². The maximum Gasteiger partial charge on any atom is 0.160 e. The largest absolute Gasteiger partial charge is 0.304 e. The number of nitrogens with zero attached hydrogens (tertiary/aromatic N) is 5. The van der Waals surface area contributed by atoms with Gasteiger partial charge < -0.3 is 9.88 Å². The van der Waals surface area contributed by atoms with Gasteiger partial charge in [-0.2, -0.15) is 0 Å². The fourth-order valence-corrected chi connectivity index (χ4v) is 3.90. The van der Waals surface area contributed by atoms with E-state index in [1.54, 1.807) is 6.20 Å². The predicted molar refractivity (Wildman–Crippen MR) is 111 cm³/mol. The molecule has 1 N–H and O–H groups in total. The number of rotatable bonds is 5. The third-order valence-electron chi connectivity index (χ3n) is 5.36. The highest BCUT2D eigenvalue weighted by molar-refractivity contribution is 5.53. The predicted octanol–water partition coefficient (Wildman–Crippen LogP) is 3.89. The van der Waals surface area contributed by atoms with E-state index in [1.165, 1.54) is 11.3 Å². The lowest BCUT2D eigenvalue weighted by Crippen LogP contribution is -2.26. The van der Waals surface area contributed by atoms with Crippen LogP contribution < -0.4 is 5.32 Å². The molecule has 6 nitrogen and oxygen atoms in total. The Morgan fingerprint density at radius 1 is 1.00 bits per heavy atom. The van der Waals surface area contributed by atoms with E-state index in [0.29, 0.717) is 0 Å². The van der Waals surface area contributed by atoms with Crippen LogP contribution in [-0.4, -0.2) is 24.5 Å². The maximum atomic E-state index is 4.84. The zero-order chi connectivity index (χ0) is 19.5. The molecule has 0 saturated heterocycles. The highest BCUT2D eigenvalue weighted by Crippen LogP contribution is 2.29. The number of fused-ring (bicyclic) bond motifs is 1. The number of hydrogen-bond acceptors (Lipinski definition) is 5. The van der Waals surface area contributed by atoms with Crippen molar-refractivity contribution >= 4 is 0 Å². The van der Waals surface area contributed by atoms with Crippen LogP contribution >= 0.6 is 0 Å². The molecule has 0 saturated carbocycles. The van der Waals surface area contributed by atoms with Crippen LogP contribution in [0.3, 0.4) is 0 Å². The Bertz CT molecular complexity index is 1090. The molecule has 1 aliphatic carbocycles. The Labute approximate surface area is 169 Å². The first-order valence-electron chi connectivity index (χ1n) is 9.96. The minimum atomic E-state index is 0.258. The summed E-state index contributed by atoms with van der Waals surface area (Å²) in [4.78, 5) is 18.1. The summed E-state index contributed by atoms with van der Waals surface area (Å²) in [5.74, 6) is 1.68. The molecule has 4 aromatic heterocycles. The first kappa shape index (κ1) is 17.7. The smallest absolute Gasteiger partial charge is 0.160 e. The molecule has 0 spiro atoms. The molecule has 1 unspecified atom stereocenters. The van der Waals surface area contributed by atoms with Crippen molar-refractivity contribution in [2.24, 2.45) is 0 Å². The summed E-state index contributed by atoms with van der Waals surface area (Å²) >= 11 is 0.